The molecule has 19 heavy (non-hydrogen) atoms. The van der Waals surface area contributed by atoms with E-state index in [4.69, 9.17) is 9.47 Å². The van der Waals surface area contributed by atoms with Crippen molar-refractivity contribution >= 4 is 5.91 Å². The molecule has 1 atom stereocenters. The molecule has 2 N–H and O–H groups in total. The van der Waals surface area contributed by atoms with Gasteiger partial charge in [-0.25, -0.2) is 0 Å². The summed E-state index contributed by atoms with van der Waals surface area (Å²) >= 11 is 0. The molecule has 1 heterocycles. The van der Waals surface area contributed by atoms with Crippen LogP contribution in [0.2, 0.25) is 0 Å². The monoisotopic (exact) mass is 264 g/mol. The minimum atomic E-state index is -0.152. The molecule has 0 radical (unpaired) electrons. The third-order valence-electron chi connectivity index (χ3n) is 3.37. The second-order valence-electron chi connectivity index (χ2n) is 4.61. The molecular formula is C14H20N2O3. The van der Waals surface area contributed by atoms with E-state index < -0.39 is 0 Å². The van der Waals surface area contributed by atoms with Gasteiger partial charge in [0.05, 0.1) is 14.2 Å². The van der Waals surface area contributed by atoms with Gasteiger partial charge in [0.25, 0.3) is 5.91 Å². The Morgan fingerprint density at radius 3 is 2.58 bits per heavy atom. The van der Waals surface area contributed by atoms with Gasteiger partial charge in [0.2, 0.25) is 0 Å². The lowest BCUT2D eigenvalue weighted by atomic mass is 10.1. The molecule has 1 aliphatic heterocycles. The fourth-order valence-electron chi connectivity index (χ4n) is 2.29. The summed E-state index contributed by atoms with van der Waals surface area (Å²) in [5.41, 5.74) is 0.457. The number of carbonyl (C=O) groups is 1. The van der Waals surface area contributed by atoms with Crippen molar-refractivity contribution in [2.45, 2.75) is 6.42 Å². The Hall–Kier alpha value is -1.75. The zero-order valence-corrected chi connectivity index (χ0v) is 11.4. The van der Waals surface area contributed by atoms with Crippen LogP contribution in [0.25, 0.3) is 0 Å². The van der Waals surface area contributed by atoms with Crippen LogP contribution >= 0.6 is 0 Å². The van der Waals surface area contributed by atoms with E-state index in [2.05, 4.69) is 10.6 Å². The molecule has 1 fully saturated rings. The highest BCUT2D eigenvalue weighted by Gasteiger charge is 2.20. The van der Waals surface area contributed by atoms with Gasteiger partial charge >= 0.3 is 0 Å². The molecule has 1 saturated heterocycles. The second kappa shape index (κ2) is 6.43. The normalized spacial score (nSPS) is 18.1. The fourth-order valence-corrected chi connectivity index (χ4v) is 2.29. The summed E-state index contributed by atoms with van der Waals surface area (Å²) in [6.07, 6.45) is 1.10. The number of hydrogen-bond donors (Lipinski definition) is 2. The lowest BCUT2D eigenvalue weighted by Crippen LogP contribution is -2.30. The lowest BCUT2D eigenvalue weighted by Gasteiger charge is -2.14. The van der Waals surface area contributed by atoms with Gasteiger partial charge in [0, 0.05) is 6.54 Å². The lowest BCUT2D eigenvalue weighted by molar-refractivity contribution is 0.0942. The van der Waals surface area contributed by atoms with Crippen LogP contribution in [0.1, 0.15) is 16.8 Å². The summed E-state index contributed by atoms with van der Waals surface area (Å²) in [5, 5.41) is 6.23. The van der Waals surface area contributed by atoms with E-state index >= 15 is 0 Å². The first-order valence-electron chi connectivity index (χ1n) is 6.46. The van der Waals surface area contributed by atoms with Crippen LogP contribution in [0.3, 0.4) is 0 Å². The quantitative estimate of drug-likeness (QED) is 0.834. The molecule has 1 aliphatic rings. The first kappa shape index (κ1) is 13.7. The van der Waals surface area contributed by atoms with Crippen LogP contribution in [0.15, 0.2) is 18.2 Å². The second-order valence-corrected chi connectivity index (χ2v) is 4.61. The Kier molecular flexibility index (Phi) is 4.63. The summed E-state index contributed by atoms with van der Waals surface area (Å²) in [7, 11) is 3.10. The van der Waals surface area contributed by atoms with Crippen molar-refractivity contribution in [3.05, 3.63) is 23.8 Å². The van der Waals surface area contributed by atoms with Gasteiger partial charge in [-0.3, -0.25) is 4.79 Å². The molecule has 0 saturated carbocycles. The van der Waals surface area contributed by atoms with E-state index in [1.807, 2.05) is 0 Å². The molecular weight excluding hydrogens is 244 g/mol. The van der Waals surface area contributed by atoms with E-state index in [0.29, 0.717) is 29.5 Å². The van der Waals surface area contributed by atoms with E-state index in [0.717, 1.165) is 19.5 Å². The third-order valence-corrected chi connectivity index (χ3v) is 3.37. The molecule has 5 heteroatoms. The maximum Gasteiger partial charge on any atom is 0.258 e. The summed E-state index contributed by atoms with van der Waals surface area (Å²) in [4.78, 5) is 12.3. The standard InChI is InChI=1S/C14H20N2O3/c1-18-11-4-3-5-12(19-2)13(11)14(17)16-9-10-6-7-15-8-10/h3-5,10,15H,6-9H2,1-2H3,(H,16,17). The number of rotatable bonds is 5. The van der Waals surface area contributed by atoms with Crippen molar-refractivity contribution in [3.63, 3.8) is 0 Å². The average molecular weight is 264 g/mol. The minimum absolute atomic E-state index is 0.152. The Balaban J connectivity index is 2.08. The van der Waals surface area contributed by atoms with E-state index in [-0.39, 0.29) is 5.91 Å². The summed E-state index contributed by atoms with van der Waals surface area (Å²) in [6.45, 7) is 2.66. The molecule has 5 nitrogen and oxygen atoms in total. The first-order valence-corrected chi connectivity index (χ1v) is 6.46. The van der Waals surface area contributed by atoms with Crippen LogP contribution < -0.4 is 20.1 Å². The molecule has 1 aromatic carbocycles. The molecule has 1 amide bonds. The van der Waals surface area contributed by atoms with Crippen molar-refractivity contribution in [3.8, 4) is 11.5 Å². The smallest absolute Gasteiger partial charge is 0.258 e. The zero-order valence-electron chi connectivity index (χ0n) is 11.4. The van der Waals surface area contributed by atoms with Crippen LogP contribution in [0.4, 0.5) is 0 Å². The number of amides is 1. The van der Waals surface area contributed by atoms with Crippen LogP contribution in [-0.2, 0) is 0 Å². The number of methoxy groups -OCH3 is 2. The van der Waals surface area contributed by atoms with Gasteiger partial charge < -0.3 is 20.1 Å². The number of benzene rings is 1. The van der Waals surface area contributed by atoms with Crippen LogP contribution in [0, 0.1) is 5.92 Å². The molecule has 0 bridgehead atoms. The molecule has 0 spiro atoms. The van der Waals surface area contributed by atoms with Crippen molar-refractivity contribution in [1.82, 2.24) is 10.6 Å². The number of nitrogens with one attached hydrogen (secondary N) is 2. The molecule has 2 rings (SSSR count). The zero-order chi connectivity index (χ0) is 13.7. The highest BCUT2D eigenvalue weighted by Crippen LogP contribution is 2.27. The summed E-state index contributed by atoms with van der Waals surface area (Å²) in [5.74, 6) is 1.41. The van der Waals surface area contributed by atoms with Crippen LogP contribution in [-0.4, -0.2) is 39.8 Å². The number of carbonyl (C=O) groups excluding carboxylic acids is 1. The van der Waals surface area contributed by atoms with Gasteiger partial charge in [-0.05, 0) is 37.6 Å². The first-order chi connectivity index (χ1) is 9.26. The van der Waals surface area contributed by atoms with Crippen molar-refractivity contribution in [2.75, 3.05) is 33.9 Å². The predicted octanol–water partition coefficient (Wildman–Crippen LogP) is 1.04. The Labute approximate surface area is 113 Å². The predicted molar refractivity (Wildman–Crippen MR) is 72.9 cm³/mol. The van der Waals surface area contributed by atoms with Gasteiger partial charge in [-0.2, -0.15) is 0 Å². The van der Waals surface area contributed by atoms with Crippen LogP contribution in [0.5, 0.6) is 11.5 Å². The summed E-state index contributed by atoms with van der Waals surface area (Å²) < 4.78 is 10.5. The van der Waals surface area contributed by atoms with E-state index in [1.165, 1.54) is 0 Å². The van der Waals surface area contributed by atoms with Crippen molar-refractivity contribution in [1.29, 1.82) is 0 Å². The van der Waals surface area contributed by atoms with Gasteiger partial charge in [0.15, 0.2) is 0 Å². The Bertz CT molecular complexity index is 420. The topological polar surface area (TPSA) is 59.6 Å². The molecule has 104 valence electrons. The molecule has 0 aliphatic carbocycles. The Morgan fingerprint density at radius 2 is 2.05 bits per heavy atom. The maximum atomic E-state index is 12.3. The van der Waals surface area contributed by atoms with Crippen molar-refractivity contribution < 1.29 is 14.3 Å². The summed E-state index contributed by atoms with van der Waals surface area (Å²) in [6, 6.07) is 5.32. The third kappa shape index (κ3) is 3.17. The fraction of sp³-hybridized carbons (Fsp3) is 0.500. The number of ether oxygens (including phenoxy) is 2. The highest BCUT2D eigenvalue weighted by molar-refractivity contribution is 5.99. The van der Waals surface area contributed by atoms with Crippen molar-refractivity contribution in [2.24, 2.45) is 5.92 Å². The van der Waals surface area contributed by atoms with Gasteiger partial charge in [0.1, 0.15) is 17.1 Å². The Morgan fingerprint density at radius 1 is 1.37 bits per heavy atom. The largest absolute Gasteiger partial charge is 0.496 e. The number of hydrogen-bond acceptors (Lipinski definition) is 4. The van der Waals surface area contributed by atoms with E-state index in [9.17, 15) is 4.79 Å². The van der Waals surface area contributed by atoms with E-state index in [1.54, 1.807) is 32.4 Å². The molecule has 1 aromatic rings. The highest BCUT2D eigenvalue weighted by atomic mass is 16.5. The molecule has 1 unspecified atom stereocenters. The molecule has 0 aromatic heterocycles. The average Bonchev–Trinajstić information content (AvgIpc) is 2.97. The maximum absolute atomic E-state index is 12.3. The van der Waals surface area contributed by atoms with Gasteiger partial charge in [-0.1, -0.05) is 6.07 Å². The van der Waals surface area contributed by atoms with Gasteiger partial charge in [-0.15, -0.1) is 0 Å². The SMILES string of the molecule is COc1cccc(OC)c1C(=O)NCC1CCNC1. The minimum Gasteiger partial charge on any atom is -0.496 e.